The van der Waals surface area contributed by atoms with Crippen molar-refractivity contribution in [3.05, 3.63) is 35.4 Å². The smallest absolute Gasteiger partial charge is 0.338 e. The van der Waals surface area contributed by atoms with Crippen LogP contribution in [-0.4, -0.2) is 36.1 Å². The van der Waals surface area contributed by atoms with Gasteiger partial charge in [0.25, 0.3) is 5.91 Å². The van der Waals surface area contributed by atoms with Crippen LogP contribution in [0.5, 0.6) is 0 Å². The first-order chi connectivity index (χ1) is 13.8. The second-order valence-corrected chi connectivity index (χ2v) is 8.10. The zero-order valence-corrected chi connectivity index (χ0v) is 17.8. The molecule has 0 radical (unpaired) electrons. The Labute approximate surface area is 173 Å². The number of esters is 1. The molecular formula is C22H33N3O4. The molecule has 160 valence electrons. The van der Waals surface area contributed by atoms with Crippen LogP contribution >= 0.6 is 0 Å². The molecule has 1 aliphatic carbocycles. The number of ether oxygens (including phenoxy) is 1. The van der Waals surface area contributed by atoms with Gasteiger partial charge in [-0.2, -0.15) is 0 Å². The van der Waals surface area contributed by atoms with Crippen molar-refractivity contribution in [1.82, 2.24) is 16.0 Å². The number of hydrogen-bond donors (Lipinski definition) is 3. The highest BCUT2D eigenvalue weighted by molar-refractivity contribution is 5.92. The molecule has 29 heavy (non-hydrogen) atoms. The molecule has 1 aromatic carbocycles. The van der Waals surface area contributed by atoms with Gasteiger partial charge in [-0.1, -0.05) is 31.9 Å². The summed E-state index contributed by atoms with van der Waals surface area (Å²) in [5.41, 5.74) is 1.23. The van der Waals surface area contributed by atoms with Gasteiger partial charge >= 0.3 is 12.0 Å². The molecule has 0 spiro atoms. The van der Waals surface area contributed by atoms with Gasteiger partial charge in [0.05, 0.1) is 5.56 Å². The highest BCUT2D eigenvalue weighted by Crippen LogP contribution is 2.23. The molecule has 0 bridgehead atoms. The predicted octanol–water partition coefficient (Wildman–Crippen LogP) is 3.13. The fourth-order valence-corrected chi connectivity index (χ4v) is 3.37. The summed E-state index contributed by atoms with van der Waals surface area (Å²) in [6.45, 7) is 7.86. The average molecular weight is 404 g/mol. The molecular weight excluding hydrogens is 370 g/mol. The minimum Gasteiger partial charge on any atom is -0.449 e. The zero-order chi connectivity index (χ0) is 21.4. The molecule has 7 heteroatoms. The Kier molecular flexibility index (Phi) is 8.49. The Balaban J connectivity index is 1.81. The molecule has 0 unspecified atom stereocenters. The monoisotopic (exact) mass is 403 g/mol. The van der Waals surface area contributed by atoms with Gasteiger partial charge in [0.2, 0.25) is 0 Å². The summed E-state index contributed by atoms with van der Waals surface area (Å²) < 4.78 is 5.33. The van der Waals surface area contributed by atoms with E-state index < -0.39 is 12.1 Å². The number of carbonyl (C=O) groups is 3. The molecule has 3 atom stereocenters. The van der Waals surface area contributed by atoms with Crippen molar-refractivity contribution in [2.24, 2.45) is 5.92 Å². The first kappa shape index (κ1) is 22.7. The van der Waals surface area contributed by atoms with E-state index in [1.165, 1.54) is 6.42 Å². The summed E-state index contributed by atoms with van der Waals surface area (Å²) in [4.78, 5) is 36.3. The maximum atomic E-state index is 12.4. The second-order valence-electron chi connectivity index (χ2n) is 8.10. The Bertz CT molecular complexity index is 703. The lowest BCUT2D eigenvalue weighted by molar-refractivity contribution is -0.130. The number of carbonyl (C=O) groups excluding carboxylic acids is 3. The van der Waals surface area contributed by atoms with Crippen molar-refractivity contribution in [1.29, 1.82) is 0 Å². The average Bonchev–Trinajstić information content (AvgIpc) is 2.68. The number of urea groups is 1. The van der Waals surface area contributed by atoms with Crippen molar-refractivity contribution in [3.8, 4) is 0 Å². The summed E-state index contributed by atoms with van der Waals surface area (Å²) in [5, 5.41) is 8.51. The largest absolute Gasteiger partial charge is 0.449 e. The van der Waals surface area contributed by atoms with Gasteiger partial charge in [0.15, 0.2) is 6.10 Å². The molecule has 0 aliphatic heterocycles. The van der Waals surface area contributed by atoms with Crippen molar-refractivity contribution < 1.29 is 19.1 Å². The first-order valence-electron chi connectivity index (χ1n) is 10.4. The van der Waals surface area contributed by atoms with E-state index in [0.717, 1.165) is 24.8 Å². The lowest BCUT2D eigenvalue weighted by Gasteiger charge is -2.30. The predicted molar refractivity (Wildman–Crippen MR) is 111 cm³/mol. The normalized spacial score (nSPS) is 19.9. The fourth-order valence-electron chi connectivity index (χ4n) is 3.37. The van der Waals surface area contributed by atoms with Crippen LogP contribution in [0.15, 0.2) is 24.3 Å². The Hall–Kier alpha value is -2.57. The van der Waals surface area contributed by atoms with E-state index in [4.69, 9.17) is 4.74 Å². The summed E-state index contributed by atoms with van der Waals surface area (Å²) in [7, 11) is 0. The molecule has 0 saturated heterocycles. The van der Waals surface area contributed by atoms with Crippen molar-refractivity contribution in [3.63, 3.8) is 0 Å². The van der Waals surface area contributed by atoms with Gasteiger partial charge in [-0.3, -0.25) is 4.79 Å². The van der Waals surface area contributed by atoms with E-state index in [1.807, 2.05) is 13.8 Å². The lowest BCUT2D eigenvalue weighted by atomic mass is 9.86. The molecule has 1 saturated carbocycles. The van der Waals surface area contributed by atoms with Crippen molar-refractivity contribution in [2.75, 3.05) is 0 Å². The minimum absolute atomic E-state index is 0.0626. The number of hydrogen-bond acceptors (Lipinski definition) is 4. The Morgan fingerprint density at radius 3 is 2.34 bits per heavy atom. The van der Waals surface area contributed by atoms with Crippen LogP contribution in [0.3, 0.4) is 0 Å². The van der Waals surface area contributed by atoms with E-state index in [1.54, 1.807) is 31.2 Å². The summed E-state index contributed by atoms with van der Waals surface area (Å²) in [5.74, 6) is -0.352. The molecule has 1 fully saturated rings. The van der Waals surface area contributed by atoms with Gasteiger partial charge < -0.3 is 20.7 Å². The topological polar surface area (TPSA) is 96.5 Å². The second kappa shape index (κ2) is 10.8. The maximum absolute atomic E-state index is 12.4. The molecule has 3 amide bonds. The van der Waals surface area contributed by atoms with E-state index in [-0.39, 0.29) is 24.0 Å². The minimum atomic E-state index is -0.849. The van der Waals surface area contributed by atoms with Gasteiger partial charge in [0.1, 0.15) is 0 Å². The van der Waals surface area contributed by atoms with Crippen molar-refractivity contribution >= 4 is 17.9 Å². The van der Waals surface area contributed by atoms with Gasteiger partial charge in [-0.25, -0.2) is 9.59 Å². The van der Waals surface area contributed by atoms with Gasteiger partial charge in [0, 0.05) is 18.6 Å². The molecule has 1 aliphatic rings. The fraction of sp³-hybridized carbons (Fsp3) is 0.591. The highest BCUT2D eigenvalue weighted by Gasteiger charge is 2.26. The third-order valence-electron chi connectivity index (χ3n) is 5.15. The number of benzene rings is 1. The Morgan fingerprint density at radius 1 is 1.07 bits per heavy atom. The number of rotatable bonds is 7. The third-order valence-corrected chi connectivity index (χ3v) is 5.15. The molecule has 0 heterocycles. The summed E-state index contributed by atoms with van der Waals surface area (Å²) >= 11 is 0. The SMILES string of the molecule is CC(C)NC(=O)NCc1ccc(C(=O)O[C@H](C)C(=O)N[C@H]2CCCC[C@H]2C)cc1. The van der Waals surface area contributed by atoms with E-state index in [0.29, 0.717) is 18.0 Å². The van der Waals surface area contributed by atoms with Crippen LogP contribution in [0.2, 0.25) is 0 Å². The van der Waals surface area contributed by atoms with Crippen LogP contribution in [0.4, 0.5) is 4.79 Å². The van der Waals surface area contributed by atoms with E-state index in [9.17, 15) is 14.4 Å². The lowest BCUT2D eigenvalue weighted by Crippen LogP contribution is -2.45. The summed E-state index contributed by atoms with van der Waals surface area (Å²) in [6, 6.07) is 6.74. The molecule has 1 aromatic rings. The molecule has 3 N–H and O–H groups in total. The standard InChI is InChI=1S/C22H33N3O4/c1-14(2)24-22(28)23-13-17-9-11-18(12-10-17)21(27)29-16(4)20(26)25-19-8-6-5-7-15(19)3/h9-12,14-16,19H,5-8,13H2,1-4H3,(H,25,26)(H2,23,24,28)/t15-,16-,19+/m1/s1. The first-order valence-corrected chi connectivity index (χ1v) is 10.4. The Morgan fingerprint density at radius 2 is 1.72 bits per heavy atom. The maximum Gasteiger partial charge on any atom is 0.338 e. The van der Waals surface area contributed by atoms with Crippen LogP contribution in [-0.2, 0) is 16.1 Å². The molecule has 7 nitrogen and oxygen atoms in total. The van der Waals surface area contributed by atoms with Crippen LogP contribution in [0, 0.1) is 5.92 Å². The molecule has 0 aromatic heterocycles. The van der Waals surface area contributed by atoms with Gasteiger partial charge in [-0.15, -0.1) is 0 Å². The molecule has 2 rings (SSSR count). The number of nitrogens with one attached hydrogen (secondary N) is 3. The zero-order valence-electron chi connectivity index (χ0n) is 17.8. The van der Waals surface area contributed by atoms with Crippen LogP contribution in [0.1, 0.15) is 69.3 Å². The van der Waals surface area contributed by atoms with Crippen LogP contribution < -0.4 is 16.0 Å². The van der Waals surface area contributed by atoms with Crippen LogP contribution in [0.25, 0.3) is 0 Å². The van der Waals surface area contributed by atoms with E-state index in [2.05, 4.69) is 22.9 Å². The summed E-state index contributed by atoms with van der Waals surface area (Å²) in [6.07, 6.45) is 3.55. The van der Waals surface area contributed by atoms with Gasteiger partial charge in [-0.05, 0) is 57.2 Å². The van der Waals surface area contributed by atoms with E-state index >= 15 is 0 Å². The highest BCUT2D eigenvalue weighted by atomic mass is 16.5. The number of amides is 3. The quantitative estimate of drug-likeness (QED) is 0.610. The third kappa shape index (κ3) is 7.40. The van der Waals surface area contributed by atoms with Crippen molar-refractivity contribution in [2.45, 2.75) is 78.1 Å².